The summed E-state index contributed by atoms with van der Waals surface area (Å²) in [7, 11) is 2.12. The molecule has 1 aliphatic heterocycles. The number of nitrogens with zero attached hydrogens (tertiary/aromatic N) is 2. The van der Waals surface area contributed by atoms with Gasteiger partial charge in [0.1, 0.15) is 0 Å². The molecule has 0 spiro atoms. The Morgan fingerprint density at radius 3 is 2.68 bits per heavy atom. The van der Waals surface area contributed by atoms with E-state index >= 15 is 0 Å². The second-order valence-corrected chi connectivity index (χ2v) is 5.06. The lowest BCUT2D eigenvalue weighted by Gasteiger charge is -2.38. The summed E-state index contributed by atoms with van der Waals surface area (Å²) in [4.78, 5) is 15.5. The van der Waals surface area contributed by atoms with E-state index in [-0.39, 0.29) is 0 Å². The predicted octanol–water partition coefficient (Wildman–Crippen LogP) is 2.18. The molecule has 0 atom stereocenters. The number of hydrogen-bond acceptors (Lipinski definition) is 3. The van der Waals surface area contributed by atoms with Crippen LogP contribution < -0.4 is 10.2 Å². The molecular weight excluding hydrogens is 238 g/mol. The van der Waals surface area contributed by atoms with Crippen molar-refractivity contribution in [2.75, 3.05) is 36.9 Å². The molecule has 1 amide bonds. The van der Waals surface area contributed by atoms with Crippen LogP contribution in [0.3, 0.4) is 0 Å². The second-order valence-electron chi connectivity index (χ2n) is 5.06. The molecule has 0 saturated carbocycles. The average molecular weight is 261 g/mol. The Morgan fingerprint density at radius 2 is 2.05 bits per heavy atom. The first-order valence-electron chi connectivity index (χ1n) is 7.00. The molecule has 0 bridgehead atoms. The Balaban J connectivity index is 2.07. The smallest absolute Gasteiger partial charge is 0.211 e. The van der Waals surface area contributed by atoms with Crippen molar-refractivity contribution in [2.45, 2.75) is 25.8 Å². The zero-order valence-electron chi connectivity index (χ0n) is 11.8. The Kier molecular flexibility index (Phi) is 4.80. The molecule has 1 N–H and O–H groups in total. The van der Waals surface area contributed by atoms with E-state index in [1.54, 1.807) is 0 Å². The summed E-state index contributed by atoms with van der Waals surface area (Å²) >= 11 is 0. The molecule has 0 unspecified atom stereocenters. The number of rotatable bonds is 5. The van der Waals surface area contributed by atoms with Gasteiger partial charge >= 0.3 is 0 Å². The van der Waals surface area contributed by atoms with Crippen molar-refractivity contribution in [1.29, 1.82) is 0 Å². The normalized spacial score (nSPS) is 17.2. The maximum absolute atomic E-state index is 10.7. The van der Waals surface area contributed by atoms with Crippen LogP contribution in [-0.2, 0) is 4.79 Å². The lowest BCUT2D eigenvalue weighted by Crippen LogP contribution is -2.43. The Hall–Kier alpha value is -1.55. The predicted molar refractivity (Wildman–Crippen MR) is 79.7 cm³/mol. The van der Waals surface area contributed by atoms with Crippen molar-refractivity contribution in [3.63, 3.8) is 0 Å². The monoisotopic (exact) mass is 261 g/mol. The van der Waals surface area contributed by atoms with E-state index in [2.05, 4.69) is 35.2 Å². The minimum atomic E-state index is 0.553. The minimum absolute atomic E-state index is 0.553. The fraction of sp³-hybridized carbons (Fsp3) is 0.533. The van der Waals surface area contributed by atoms with Gasteiger partial charge in [-0.15, -0.1) is 0 Å². The Labute approximate surface area is 115 Å². The third kappa shape index (κ3) is 3.26. The van der Waals surface area contributed by atoms with Crippen molar-refractivity contribution in [2.24, 2.45) is 0 Å². The van der Waals surface area contributed by atoms with Gasteiger partial charge in [0.15, 0.2) is 0 Å². The van der Waals surface area contributed by atoms with Gasteiger partial charge in [-0.1, -0.05) is 19.1 Å². The van der Waals surface area contributed by atoms with Gasteiger partial charge in [0.05, 0.1) is 11.4 Å². The van der Waals surface area contributed by atoms with Gasteiger partial charge in [0.2, 0.25) is 6.41 Å². The second kappa shape index (κ2) is 6.57. The highest BCUT2D eigenvalue weighted by Gasteiger charge is 2.22. The average Bonchev–Trinajstić information content (AvgIpc) is 2.47. The molecule has 4 heteroatoms. The van der Waals surface area contributed by atoms with E-state index in [1.807, 2.05) is 18.2 Å². The van der Waals surface area contributed by atoms with E-state index in [9.17, 15) is 4.79 Å². The standard InChI is InChI=1S/C15H23N3O/c1-3-18-10-8-13(9-11-18)17(2)15-7-5-4-6-14(15)16-12-19/h4-7,12-13H,3,8-11H2,1-2H3,(H,16,19). The van der Waals surface area contributed by atoms with Crippen molar-refractivity contribution < 1.29 is 4.79 Å². The molecule has 104 valence electrons. The number of amides is 1. The molecule has 1 aromatic carbocycles. The van der Waals surface area contributed by atoms with Gasteiger partial charge in [-0.05, 0) is 31.5 Å². The van der Waals surface area contributed by atoms with Crippen molar-refractivity contribution in [3.05, 3.63) is 24.3 Å². The number of hydrogen-bond donors (Lipinski definition) is 1. The van der Waals surface area contributed by atoms with Gasteiger partial charge in [-0.2, -0.15) is 0 Å². The molecule has 1 aromatic rings. The maximum Gasteiger partial charge on any atom is 0.211 e. The number of carbonyl (C=O) groups is 1. The lowest BCUT2D eigenvalue weighted by molar-refractivity contribution is -0.105. The fourth-order valence-electron chi connectivity index (χ4n) is 2.79. The number of piperidine rings is 1. The Morgan fingerprint density at radius 1 is 1.37 bits per heavy atom. The third-order valence-electron chi connectivity index (χ3n) is 4.05. The van der Waals surface area contributed by atoms with Crippen molar-refractivity contribution >= 4 is 17.8 Å². The van der Waals surface area contributed by atoms with E-state index in [0.29, 0.717) is 6.04 Å². The summed E-state index contributed by atoms with van der Waals surface area (Å²) < 4.78 is 0. The van der Waals surface area contributed by atoms with Crippen LogP contribution in [0, 0.1) is 0 Å². The first-order valence-corrected chi connectivity index (χ1v) is 7.00. The van der Waals surface area contributed by atoms with Crippen molar-refractivity contribution in [3.8, 4) is 0 Å². The van der Waals surface area contributed by atoms with Crippen LogP contribution in [0.2, 0.25) is 0 Å². The molecule has 1 heterocycles. The molecule has 1 aliphatic rings. The number of nitrogens with one attached hydrogen (secondary N) is 1. The zero-order valence-corrected chi connectivity index (χ0v) is 11.8. The van der Waals surface area contributed by atoms with E-state index < -0.39 is 0 Å². The van der Waals surface area contributed by atoms with Crippen LogP contribution in [0.1, 0.15) is 19.8 Å². The van der Waals surface area contributed by atoms with Crippen LogP contribution in [0.4, 0.5) is 11.4 Å². The molecule has 0 radical (unpaired) electrons. The molecular formula is C15H23N3O. The van der Waals surface area contributed by atoms with Crippen LogP contribution >= 0.6 is 0 Å². The van der Waals surface area contributed by atoms with Gasteiger partial charge in [0, 0.05) is 26.2 Å². The van der Waals surface area contributed by atoms with Crippen LogP contribution in [-0.4, -0.2) is 44.0 Å². The van der Waals surface area contributed by atoms with Crippen LogP contribution in [0.5, 0.6) is 0 Å². The van der Waals surface area contributed by atoms with Gasteiger partial charge in [0.25, 0.3) is 0 Å². The highest BCUT2D eigenvalue weighted by atomic mass is 16.1. The van der Waals surface area contributed by atoms with Gasteiger partial charge in [-0.3, -0.25) is 4.79 Å². The number of benzene rings is 1. The lowest BCUT2D eigenvalue weighted by atomic mass is 10.0. The summed E-state index contributed by atoms with van der Waals surface area (Å²) in [5.74, 6) is 0. The topological polar surface area (TPSA) is 35.6 Å². The summed E-state index contributed by atoms with van der Waals surface area (Å²) in [5, 5.41) is 2.78. The third-order valence-corrected chi connectivity index (χ3v) is 4.05. The maximum atomic E-state index is 10.7. The molecule has 4 nitrogen and oxygen atoms in total. The van der Waals surface area contributed by atoms with Crippen LogP contribution in [0.25, 0.3) is 0 Å². The molecule has 1 fully saturated rings. The molecule has 19 heavy (non-hydrogen) atoms. The summed E-state index contributed by atoms with van der Waals surface area (Å²) in [6.45, 7) is 5.68. The SMILES string of the molecule is CCN1CCC(N(C)c2ccccc2NC=O)CC1. The first kappa shape index (κ1) is 13.9. The van der Waals surface area contributed by atoms with E-state index in [4.69, 9.17) is 0 Å². The van der Waals surface area contributed by atoms with E-state index in [1.165, 1.54) is 12.8 Å². The number of carbonyl (C=O) groups excluding carboxylic acids is 1. The summed E-state index contributed by atoms with van der Waals surface area (Å²) in [6.07, 6.45) is 3.10. The number of para-hydroxylation sites is 2. The fourth-order valence-corrected chi connectivity index (χ4v) is 2.79. The van der Waals surface area contributed by atoms with Gasteiger partial charge < -0.3 is 15.1 Å². The molecule has 0 aliphatic carbocycles. The summed E-state index contributed by atoms with van der Waals surface area (Å²) in [5.41, 5.74) is 1.99. The summed E-state index contributed by atoms with van der Waals surface area (Å²) in [6, 6.07) is 8.53. The highest BCUT2D eigenvalue weighted by Crippen LogP contribution is 2.28. The Bertz CT molecular complexity index is 414. The quantitative estimate of drug-likeness (QED) is 0.825. The first-order chi connectivity index (χ1) is 9.26. The molecule has 2 rings (SSSR count). The number of likely N-dealkylation sites (tertiary alicyclic amines) is 1. The van der Waals surface area contributed by atoms with Gasteiger partial charge in [-0.25, -0.2) is 0 Å². The largest absolute Gasteiger partial charge is 0.370 e. The minimum Gasteiger partial charge on any atom is -0.370 e. The van der Waals surface area contributed by atoms with Crippen molar-refractivity contribution in [1.82, 2.24) is 4.90 Å². The van der Waals surface area contributed by atoms with E-state index in [0.717, 1.165) is 37.4 Å². The zero-order chi connectivity index (χ0) is 13.7. The highest BCUT2D eigenvalue weighted by molar-refractivity contribution is 5.81. The van der Waals surface area contributed by atoms with Crippen LogP contribution in [0.15, 0.2) is 24.3 Å². The molecule has 0 aromatic heterocycles. The number of anilines is 2. The molecule has 1 saturated heterocycles.